The lowest BCUT2D eigenvalue weighted by Gasteiger charge is -2.31. The number of aromatic nitrogens is 3. The maximum atomic E-state index is 14.0. The summed E-state index contributed by atoms with van der Waals surface area (Å²) in [5, 5.41) is 5.33. The predicted molar refractivity (Wildman–Crippen MR) is 124 cm³/mol. The number of thioether (sulfide) groups is 1. The average molecular weight is 437 g/mol. The van der Waals surface area contributed by atoms with Gasteiger partial charge in [-0.15, -0.1) is 0 Å². The van der Waals surface area contributed by atoms with Crippen LogP contribution in [-0.4, -0.2) is 62.4 Å². The molecular formula is C24H28N4O2S. The lowest BCUT2D eigenvalue weighted by atomic mass is 10.0. The van der Waals surface area contributed by atoms with E-state index >= 15 is 0 Å². The average Bonchev–Trinajstić information content (AvgIpc) is 3.58. The highest BCUT2D eigenvalue weighted by molar-refractivity contribution is 7.99. The first kappa shape index (κ1) is 20.5. The molecule has 31 heavy (non-hydrogen) atoms. The van der Waals surface area contributed by atoms with Gasteiger partial charge in [0.25, 0.3) is 5.91 Å². The van der Waals surface area contributed by atoms with Gasteiger partial charge in [-0.05, 0) is 38.0 Å². The Morgan fingerprint density at radius 3 is 2.87 bits per heavy atom. The number of pyridine rings is 1. The maximum Gasteiger partial charge on any atom is 0.255 e. The normalized spacial score (nSPS) is 21.1. The van der Waals surface area contributed by atoms with Crippen molar-refractivity contribution in [3.63, 3.8) is 0 Å². The summed E-state index contributed by atoms with van der Waals surface area (Å²) in [5.41, 5.74) is 3.28. The van der Waals surface area contributed by atoms with Crippen molar-refractivity contribution >= 4 is 28.7 Å². The maximum absolute atomic E-state index is 14.0. The van der Waals surface area contributed by atoms with Crippen LogP contribution >= 0.6 is 11.8 Å². The number of nitrogens with zero attached hydrogens (tertiary/aromatic N) is 4. The van der Waals surface area contributed by atoms with Crippen LogP contribution in [0.5, 0.6) is 0 Å². The highest BCUT2D eigenvalue weighted by Crippen LogP contribution is 2.30. The fraction of sp³-hybridized carbons (Fsp3) is 0.458. The molecule has 0 unspecified atom stereocenters. The van der Waals surface area contributed by atoms with Gasteiger partial charge in [-0.2, -0.15) is 16.9 Å². The van der Waals surface area contributed by atoms with Gasteiger partial charge in [-0.3, -0.25) is 4.79 Å². The van der Waals surface area contributed by atoms with Crippen LogP contribution in [-0.2, 0) is 11.3 Å². The van der Waals surface area contributed by atoms with E-state index in [4.69, 9.17) is 9.72 Å². The quantitative estimate of drug-likeness (QED) is 0.578. The van der Waals surface area contributed by atoms with Crippen LogP contribution in [0.4, 0.5) is 0 Å². The largest absolute Gasteiger partial charge is 0.376 e. The third-order valence-electron chi connectivity index (χ3n) is 6.24. The zero-order chi connectivity index (χ0) is 21.2. The molecule has 6 nitrogen and oxygen atoms in total. The van der Waals surface area contributed by atoms with Crippen molar-refractivity contribution in [3.05, 3.63) is 48.2 Å². The topological polar surface area (TPSA) is 60.2 Å². The number of aryl methyl sites for hydroxylation is 1. The Bertz CT molecular complexity index is 1060. The van der Waals surface area contributed by atoms with Gasteiger partial charge >= 0.3 is 0 Å². The van der Waals surface area contributed by atoms with Crippen LogP contribution in [0.2, 0.25) is 0 Å². The van der Waals surface area contributed by atoms with Crippen LogP contribution in [0.15, 0.2) is 42.6 Å². The van der Waals surface area contributed by atoms with Crippen molar-refractivity contribution in [3.8, 4) is 11.3 Å². The molecule has 5 rings (SSSR count). The van der Waals surface area contributed by atoms with E-state index in [1.54, 1.807) is 6.20 Å². The summed E-state index contributed by atoms with van der Waals surface area (Å²) >= 11 is 1.93. The van der Waals surface area contributed by atoms with Crippen molar-refractivity contribution in [1.82, 2.24) is 19.7 Å². The Balaban J connectivity index is 1.59. The van der Waals surface area contributed by atoms with Crippen LogP contribution in [0, 0.1) is 0 Å². The van der Waals surface area contributed by atoms with Crippen LogP contribution in [0.3, 0.4) is 0 Å². The predicted octanol–water partition coefficient (Wildman–Crippen LogP) is 4.24. The van der Waals surface area contributed by atoms with E-state index < -0.39 is 0 Å². The number of rotatable bonds is 6. The molecule has 0 spiro atoms. The van der Waals surface area contributed by atoms with Gasteiger partial charge in [0.2, 0.25) is 0 Å². The molecule has 0 saturated carbocycles. The summed E-state index contributed by atoms with van der Waals surface area (Å²) in [6.07, 6.45) is 5.07. The van der Waals surface area contributed by atoms with Gasteiger partial charge in [0, 0.05) is 37.1 Å². The third-order valence-corrected chi connectivity index (χ3v) is 7.39. The molecule has 0 N–H and O–H groups in total. The lowest BCUT2D eigenvalue weighted by Crippen LogP contribution is -2.44. The Labute approximate surface area is 187 Å². The molecule has 7 heteroatoms. The number of fused-ring (bicyclic) bond motifs is 1. The fourth-order valence-corrected chi connectivity index (χ4v) is 5.77. The molecule has 2 aliphatic heterocycles. The van der Waals surface area contributed by atoms with E-state index in [0.29, 0.717) is 18.7 Å². The Kier molecular flexibility index (Phi) is 5.96. The lowest BCUT2D eigenvalue weighted by molar-refractivity contribution is 0.0443. The highest BCUT2D eigenvalue weighted by atomic mass is 32.2. The third kappa shape index (κ3) is 4.08. The molecule has 0 radical (unpaired) electrons. The molecule has 2 aliphatic rings. The van der Waals surface area contributed by atoms with Crippen molar-refractivity contribution < 1.29 is 9.53 Å². The van der Waals surface area contributed by atoms with E-state index in [9.17, 15) is 4.79 Å². The monoisotopic (exact) mass is 436 g/mol. The number of benzene rings is 1. The molecule has 1 aromatic carbocycles. The molecular weight excluding hydrogens is 408 g/mol. The first-order valence-electron chi connectivity index (χ1n) is 11.2. The van der Waals surface area contributed by atoms with E-state index in [0.717, 1.165) is 59.7 Å². The first-order chi connectivity index (χ1) is 15.2. The van der Waals surface area contributed by atoms with Gasteiger partial charge < -0.3 is 9.64 Å². The number of hydrogen-bond donors (Lipinski definition) is 0. The van der Waals surface area contributed by atoms with E-state index in [-0.39, 0.29) is 18.1 Å². The summed E-state index contributed by atoms with van der Waals surface area (Å²) < 4.78 is 7.77. The highest BCUT2D eigenvalue weighted by Gasteiger charge is 2.32. The number of ether oxygens (including phenoxy) is 1. The molecule has 1 amide bonds. The smallest absolute Gasteiger partial charge is 0.255 e. The molecule has 162 valence electrons. The van der Waals surface area contributed by atoms with Gasteiger partial charge in [0.05, 0.1) is 28.9 Å². The zero-order valence-corrected chi connectivity index (χ0v) is 18.7. The van der Waals surface area contributed by atoms with Crippen molar-refractivity contribution in [1.29, 1.82) is 0 Å². The summed E-state index contributed by atoms with van der Waals surface area (Å²) in [5.74, 6) is 2.17. The standard InChI is InChI=1S/C24H28N4O2S/c1-2-28-23-21(14-25-28)20(13-22(26-23)17-7-4-3-5-8-17)24(29)27(18-10-12-31-16-18)15-19-9-6-11-30-19/h3-5,7-8,13-14,18-19H,2,6,9-12,15-16H2,1H3/t18-,19-/m0/s1. The second kappa shape index (κ2) is 9.01. The number of carbonyl (C=O) groups is 1. The van der Waals surface area contributed by atoms with Crippen LogP contribution < -0.4 is 0 Å². The molecule has 3 aromatic rings. The van der Waals surface area contributed by atoms with Gasteiger partial charge in [-0.25, -0.2) is 9.67 Å². The number of carbonyl (C=O) groups excluding carboxylic acids is 1. The van der Waals surface area contributed by atoms with Crippen molar-refractivity contribution in [2.75, 3.05) is 24.7 Å². The molecule has 2 aromatic heterocycles. The molecule has 0 bridgehead atoms. The molecule has 2 fully saturated rings. The van der Waals surface area contributed by atoms with Crippen LogP contribution in [0.1, 0.15) is 36.5 Å². The first-order valence-corrected chi connectivity index (χ1v) is 12.3. The number of hydrogen-bond acceptors (Lipinski definition) is 5. The Morgan fingerprint density at radius 1 is 1.29 bits per heavy atom. The Hall–Kier alpha value is -2.38. The Morgan fingerprint density at radius 2 is 2.16 bits per heavy atom. The minimum atomic E-state index is 0.0724. The van der Waals surface area contributed by atoms with Crippen molar-refractivity contribution in [2.24, 2.45) is 0 Å². The SMILES string of the molecule is CCn1ncc2c(C(=O)N(C[C@@H]3CCCO3)[C@H]3CCSC3)cc(-c3ccccc3)nc21. The zero-order valence-electron chi connectivity index (χ0n) is 17.9. The van der Waals surface area contributed by atoms with Gasteiger partial charge in [0.1, 0.15) is 0 Å². The second-order valence-electron chi connectivity index (χ2n) is 8.23. The van der Waals surface area contributed by atoms with E-state index in [1.165, 1.54) is 0 Å². The van der Waals surface area contributed by atoms with Crippen molar-refractivity contribution in [2.45, 2.75) is 44.9 Å². The minimum absolute atomic E-state index is 0.0724. The molecule has 4 heterocycles. The minimum Gasteiger partial charge on any atom is -0.376 e. The molecule has 2 atom stereocenters. The summed E-state index contributed by atoms with van der Waals surface area (Å²) in [7, 11) is 0. The van der Waals surface area contributed by atoms with E-state index in [2.05, 4.69) is 10.00 Å². The molecule has 2 saturated heterocycles. The van der Waals surface area contributed by atoms with Crippen LogP contribution in [0.25, 0.3) is 22.3 Å². The van der Waals surface area contributed by atoms with E-state index in [1.807, 2.05) is 59.8 Å². The fourth-order valence-electron chi connectivity index (χ4n) is 4.54. The second-order valence-corrected chi connectivity index (χ2v) is 9.38. The summed E-state index contributed by atoms with van der Waals surface area (Å²) in [6.45, 7) is 4.22. The summed E-state index contributed by atoms with van der Waals surface area (Å²) in [4.78, 5) is 21.0. The van der Waals surface area contributed by atoms with Gasteiger partial charge in [-0.1, -0.05) is 30.3 Å². The van der Waals surface area contributed by atoms with Gasteiger partial charge in [0.15, 0.2) is 5.65 Å². The summed E-state index contributed by atoms with van der Waals surface area (Å²) in [6, 6.07) is 12.3. The number of amides is 1. The molecule has 0 aliphatic carbocycles.